The van der Waals surface area contributed by atoms with Crippen LogP contribution in [0.1, 0.15) is 0 Å². The lowest BCUT2D eigenvalue weighted by atomic mass is 10.3. The predicted octanol–water partition coefficient (Wildman–Crippen LogP) is 2.34. The summed E-state index contributed by atoms with van der Waals surface area (Å²) in [6.07, 6.45) is -11.4. The molecule has 0 aromatic carbocycles. The zero-order valence-corrected chi connectivity index (χ0v) is 5.24. The minimum Gasteiger partial charge on any atom is -0.483 e. The van der Waals surface area contributed by atoms with Crippen molar-refractivity contribution in [1.29, 1.82) is 0 Å². The van der Waals surface area contributed by atoms with Crippen molar-refractivity contribution < 1.29 is 26.7 Å². The average molecular weight is 176 g/mol. The molecule has 1 nitrogen and oxygen atoms in total. The zero-order chi connectivity index (χ0) is 9.07. The molecule has 0 fully saturated rings. The van der Waals surface area contributed by atoms with Crippen molar-refractivity contribution in [2.24, 2.45) is 0 Å². The molecule has 11 heavy (non-hydrogen) atoms. The Morgan fingerprint density at radius 2 is 1.73 bits per heavy atom. The van der Waals surface area contributed by atoms with Crippen LogP contribution in [-0.2, 0) is 4.74 Å². The van der Waals surface area contributed by atoms with Gasteiger partial charge < -0.3 is 4.74 Å². The summed E-state index contributed by atoms with van der Waals surface area (Å²) in [6, 6.07) is 0. The Kier molecular flexibility index (Phi) is 3.28. The van der Waals surface area contributed by atoms with Crippen molar-refractivity contribution in [1.82, 2.24) is 0 Å². The van der Waals surface area contributed by atoms with E-state index in [0.29, 0.717) is 6.26 Å². The normalized spacial score (nSPS) is 14.7. The van der Waals surface area contributed by atoms with E-state index >= 15 is 0 Å². The van der Waals surface area contributed by atoms with Gasteiger partial charge in [-0.3, -0.25) is 0 Å². The van der Waals surface area contributed by atoms with E-state index in [2.05, 4.69) is 11.3 Å². The topological polar surface area (TPSA) is 9.23 Å². The van der Waals surface area contributed by atoms with Crippen LogP contribution in [0.2, 0.25) is 0 Å². The zero-order valence-electron chi connectivity index (χ0n) is 5.24. The fourth-order valence-electron chi connectivity index (χ4n) is 0.383. The number of hydrogen-bond donors (Lipinski definition) is 0. The lowest BCUT2D eigenvalue weighted by molar-refractivity contribution is -0.238. The van der Waals surface area contributed by atoms with Gasteiger partial charge in [-0.1, -0.05) is 6.58 Å². The third-order valence-corrected chi connectivity index (χ3v) is 0.794. The summed E-state index contributed by atoms with van der Waals surface area (Å²) in [5.41, 5.74) is 0. The molecule has 0 aliphatic carbocycles. The first-order valence-corrected chi connectivity index (χ1v) is 2.51. The Hall–Kier alpha value is -0.810. The predicted molar refractivity (Wildman–Crippen MR) is 27.1 cm³/mol. The van der Waals surface area contributed by atoms with Gasteiger partial charge >= 0.3 is 6.18 Å². The molecule has 0 aromatic rings. The number of hydrogen-bond acceptors (Lipinski definition) is 1. The standard InChI is InChI=1S/C5H5F5O/c1-2-11-3(4(6)7)5(8,9)10/h2-4H,1H2. The van der Waals surface area contributed by atoms with Crippen LogP contribution in [-0.4, -0.2) is 18.7 Å². The third-order valence-electron chi connectivity index (χ3n) is 0.794. The van der Waals surface area contributed by atoms with Gasteiger partial charge in [0.25, 0.3) is 12.5 Å². The monoisotopic (exact) mass is 176 g/mol. The van der Waals surface area contributed by atoms with E-state index in [0.717, 1.165) is 0 Å². The molecule has 0 aliphatic heterocycles. The van der Waals surface area contributed by atoms with E-state index in [4.69, 9.17) is 0 Å². The Balaban J connectivity index is 4.21. The van der Waals surface area contributed by atoms with Gasteiger partial charge in [0.05, 0.1) is 6.26 Å². The summed E-state index contributed by atoms with van der Waals surface area (Å²) in [4.78, 5) is 0. The average Bonchev–Trinajstić information content (AvgIpc) is 1.79. The second kappa shape index (κ2) is 3.54. The van der Waals surface area contributed by atoms with Gasteiger partial charge in [-0.25, -0.2) is 8.78 Å². The van der Waals surface area contributed by atoms with Crippen molar-refractivity contribution >= 4 is 0 Å². The van der Waals surface area contributed by atoms with Gasteiger partial charge in [-0.05, 0) is 0 Å². The molecule has 66 valence electrons. The maximum Gasteiger partial charge on any atom is 0.431 e. The summed E-state index contributed by atoms with van der Waals surface area (Å²) in [6.45, 7) is 2.74. The Morgan fingerprint density at radius 3 is 1.82 bits per heavy atom. The first-order chi connectivity index (χ1) is 4.89. The first kappa shape index (κ1) is 10.2. The Labute approximate surface area is 59.5 Å². The van der Waals surface area contributed by atoms with Gasteiger partial charge in [0.1, 0.15) is 0 Å². The highest BCUT2D eigenvalue weighted by molar-refractivity contribution is 4.72. The largest absolute Gasteiger partial charge is 0.483 e. The Bertz CT molecular complexity index is 129. The van der Waals surface area contributed by atoms with Crippen LogP contribution >= 0.6 is 0 Å². The highest BCUT2D eigenvalue weighted by Crippen LogP contribution is 2.27. The summed E-state index contributed by atoms with van der Waals surface area (Å²) < 4.78 is 61.1. The van der Waals surface area contributed by atoms with E-state index in [1.807, 2.05) is 0 Å². The number of rotatable bonds is 3. The SMILES string of the molecule is C=COC(C(F)F)C(F)(F)F. The van der Waals surface area contributed by atoms with Gasteiger partial charge in [0, 0.05) is 0 Å². The summed E-state index contributed by atoms with van der Waals surface area (Å²) in [7, 11) is 0. The minimum absolute atomic E-state index is 0.338. The van der Waals surface area contributed by atoms with Crippen molar-refractivity contribution in [2.75, 3.05) is 0 Å². The van der Waals surface area contributed by atoms with Crippen molar-refractivity contribution in [3.63, 3.8) is 0 Å². The third kappa shape index (κ3) is 3.20. The second-order valence-electron chi connectivity index (χ2n) is 1.60. The highest BCUT2D eigenvalue weighted by Gasteiger charge is 2.47. The molecule has 6 heteroatoms. The van der Waals surface area contributed by atoms with E-state index in [-0.39, 0.29) is 0 Å². The lowest BCUT2D eigenvalue weighted by Gasteiger charge is -2.17. The van der Waals surface area contributed by atoms with Crippen LogP contribution in [0, 0.1) is 0 Å². The molecule has 0 spiro atoms. The first-order valence-electron chi connectivity index (χ1n) is 2.51. The minimum atomic E-state index is -5.05. The second-order valence-corrected chi connectivity index (χ2v) is 1.60. The molecule has 0 aliphatic rings. The van der Waals surface area contributed by atoms with Gasteiger partial charge in [0.2, 0.25) is 0 Å². The quantitative estimate of drug-likeness (QED) is 0.473. The summed E-state index contributed by atoms with van der Waals surface area (Å²) >= 11 is 0. The van der Waals surface area contributed by atoms with Gasteiger partial charge in [0.15, 0.2) is 0 Å². The van der Waals surface area contributed by atoms with E-state index < -0.39 is 18.7 Å². The molecule has 0 saturated carbocycles. The molecule has 0 heterocycles. The maximum absolute atomic E-state index is 11.5. The van der Waals surface area contributed by atoms with Crippen LogP contribution in [0.5, 0.6) is 0 Å². The molecule has 0 radical (unpaired) electrons. The molecule has 0 N–H and O–H groups in total. The van der Waals surface area contributed by atoms with Crippen LogP contribution in [0.25, 0.3) is 0 Å². The van der Waals surface area contributed by atoms with Gasteiger partial charge in [-0.2, -0.15) is 13.2 Å². The molecule has 0 amide bonds. The van der Waals surface area contributed by atoms with E-state index in [1.165, 1.54) is 0 Å². The van der Waals surface area contributed by atoms with Crippen LogP contribution < -0.4 is 0 Å². The molecule has 1 atom stereocenters. The summed E-state index contributed by atoms with van der Waals surface area (Å²) in [5, 5.41) is 0. The maximum atomic E-state index is 11.5. The molecule has 0 rings (SSSR count). The van der Waals surface area contributed by atoms with Crippen molar-refractivity contribution in [3.8, 4) is 0 Å². The summed E-state index contributed by atoms with van der Waals surface area (Å²) in [5.74, 6) is 0. The van der Waals surface area contributed by atoms with Crippen LogP contribution in [0.15, 0.2) is 12.8 Å². The number of alkyl halides is 5. The smallest absolute Gasteiger partial charge is 0.431 e. The molecular formula is C5H5F5O. The van der Waals surface area contributed by atoms with Crippen LogP contribution in [0.3, 0.4) is 0 Å². The molecule has 0 saturated heterocycles. The molecule has 0 aromatic heterocycles. The molecule has 0 bridgehead atoms. The molecule has 1 unspecified atom stereocenters. The van der Waals surface area contributed by atoms with Crippen molar-refractivity contribution in [2.45, 2.75) is 18.7 Å². The molecular weight excluding hydrogens is 171 g/mol. The van der Waals surface area contributed by atoms with Gasteiger partial charge in [-0.15, -0.1) is 0 Å². The highest BCUT2D eigenvalue weighted by atomic mass is 19.4. The fourth-order valence-corrected chi connectivity index (χ4v) is 0.383. The lowest BCUT2D eigenvalue weighted by Crippen LogP contribution is -2.36. The fraction of sp³-hybridized carbons (Fsp3) is 0.600. The Morgan fingerprint density at radius 1 is 1.27 bits per heavy atom. The number of halogens is 5. The van der Waals surface area contributed by atoms with E-state index in [9.17, 15) is 22.0 Å². The number of ether oxygens (including phenoxy) is 1. The van der Waals surface area contributed by atoms with Crippen LogP contribution in [0.4, 0.5) is 22.0 Å². The van der Waals surface area contributed by atoms with Crippen molar-refractivity contribution in [3.05, 3.63) is 12.8 Å². The van der Waals surface area contributed by atoms with E-state index in [1.54, 1.807) is 0 Å².